The molecule has 106 valence electrons. The molecule has 0 heterocycles. The quantitative estimate of drug-likeness (QED) is 0.732. The van der Waals surface area contributed by atoms with E-state index in [1.54, 1.807) is 18.2 Å². The van der Waals surface area contributed by atoms with Gasteiger partial charge in [0.1, 0.15) is 5.82 Å². The zero-order valence-corrected chi connectivity index (χ0v) is 13.9. The van der Waals surface area contributed by atoms with Gasteiger partial charge in [-0.25, -0.2) is 4.39 Å². The maximum Gasteiger partial charge on any atom is 0.137 e. The second-order valence-electron chi connectivity index (χ2n) is 4.31. The van der Waals surface area contributed by atoms with Crippen LogP contribution in [0.5, 0.6) is 0 Å². The summed E-state index contributed by atoms with van der Waals surface area (Å²) in [5.74, 6) is -0.291. The molecule has 20 heavy (non-hydrogen) atoms. The Hall–Kier alpha value is -0.610. The molecule has 0 fully saturated rings. The fourth-order valence-electron chi connectivity index (χ4n) is 2.05. The zero-order valence-electron chi connectivity index (χ0n) is 10.8. The first-order valence-electron chi connectivity index (χ1n) is 6.16. The third-order valence-corrected chi connectivity index (χ3v) is 4.42. The Labute approximate surface area is 136 Å². The zero-order chi connectivity index (χ0) is 14.7. The third kappa shape index (κ3) is 3.34. The predicted molar refractivity (Wildman–Crippen MR) is 86.1 cm³/mol. The van der Waals surface area contributed by atoms with Gasteiger partial charge in [0.05, 0.1) is 20.6 Å². The van der Waals surface area contributed by atoms with E-state index in [0.29, 0.717) is 14.5 Å². The van der Waals surface area contributed by atoms with Gasteiger partial charge < -0.3 is 5.32 Å². The summed E-state index contributed by atoms with van der Waals surface area (Å²) in [5.41, 5.74) is 1.80. The highest BCUT2D eigenvalue weighted by Gasteiger charge is 2.18. The predicted octanol–water partition coefficient (Wildman–Crippen LogP) is 5.59. The van der Waals surface area contributed by atoms with Gasteiger partial charge in [-0.1, -0.05) is 48.3 Å². The number of benzene rings is 2. The first kappa shape index (κ1) is 15.8. The van der Waals surface area contributed by atoms with Gasteiger partial charge in [0, 0.05) is 0 Å². The van der Waals surface area contributed by atoms with E-state index in [4.69, 9.17) is 23.2 Å². The largest absolute Gasteiger partial charge is 0.306 e. The molecule has 2 rings (SSSR count). The molecule has 0 aliphatic carbocycles. The monoisotopic (exact) mass is 375 g/mol. The summed E-state index contributed by atoms with van der Waals surface area (Å²) in [7, 11) is 0. The molecule has 0 radical (unpaired) electrons. The smallest absolute Gasteiger partial charge is 0.137 e. The first-order chi connectivity index (χ1) is 9.54. The minimum absolute atomic E-state index is 0.136. The summed E-state index contributed by atoms with van der Waals surface area (Å²) in [5, 5.41) is 4.37. The van der Waals surface area contributed by atoms with E-state index in [-0.39, 0.29) is 11.9 Å². The summed E-state index contributed by atoms with van der Waals surface area (Å²) in [6.07, 6.45) is 0. The molecule has 0 bridgehead atoms. The van der Waals surface area contributed by atoms with Crippen molar-refractivity contribution in [1.29, 1.82) is 0 Å². The van der Waals surface area contributed by atoms with E-state index < -0.39 is 0 Å². The van der Waals surface area contributed by atoms with Gasteiger partial charge in [0.2, 0.25) is 0 Å². The minimum Gasteiger partial charge on any atom is -0.306 e. The number of nitrogens with one attached hydrogen (secondary N) is 1. The van der Waals surface area contributed by atoms with Gasteiger partial charge >= 0.3 is 0 Å². The lowest BCUT2D eigenvalue weighted by molar-refractivity contribution is 0.608. The van der Waals surface area contributed by atoms with Gasteiger partial charge in [-0.2, -0.15) is 0 Å². The summed E-state index contributed by atoms with van der Waals surface area (Å²) in [6, 6.07) is 10.3. The van der Waals surface area contributed by atoms with E-state index >= 15 is 0 Å². The van der Waals surface area contributed by atoms with Crippen LogP contribution in [0.3, 0.4) is 0 Å². The van der Waals surface area contributed by atoms with Gasteiger partial charge in [-0.3, -0.25) is 0 Å². The highest BCUT2D eigenvalue weighted by atomic mass is 79.9. The lowest BCUT2D eigenvalue weighted by Gasteiger charge is -2.21. The molecule has 0 aliphatic heterocycles. The van der Waals surface area contributed by atoms with Gasteiger partial charge in [0.15, 0.2) is 0 Å². The Bertz CT molecular complexity index is 619. The Morgan fingerprint density at radius 3 is 2.65 bits per heavy atom. The molecular weight excluding hydrogens is 364 g/mol. The summed E-state index contributed by atoms with van der Waals surface area (Å²) >= 11 is 15.6. The van der Waals surface area contributed by atoms with Crippen molar-refractivity contribution in [2.45, 2.75) is 13.0 Å². The number of halogens is 4. The maximum atomic E-state index is 13.4. The molecular formula is C15H13BrCl2FN. The van der Waals surface area contributed by atoms with Crippen molar-refractivity contribution >= 4 is 39.1 Å². The molecule has 1 atom stereocenters. The van der Waals surface area contributed by atoms with Crippen LogP contribution < -0.4 is 5.32 Å². The van der Waals surface area contributed by atoms with Crippen molar-refractivity contribution in [2.75, 3.05) is 6.54 Å². The molecule has 1 unspecified atom stereocenters. The molecule has 0 saturated carbocycles. The molecule has 0 amide bonds. The number of hydrogen-bond acceptors (Lipinski definition) is 1. The van der Waals surface area contributed by atoms with Crippen LogP contribution in [0.25, 0.3) is 0 Å². The highest BCUT2D eigenvalue weighted by Crippen LogP contribution is 2.34. The number of rotatable bonds is 4. The summed E-state index contributed by atoms with van der Waals surface area (Å²) in [4.78, 5) is 0. The number of hydrogen-bond donors (Lipinski definition) is 1. The molecule has 0 spiro atoms. The average molecular weight is 377 g/mol. The standard InChI is InChI=1S/C15H13BrCl2FN/c1-2-20-15(9-6-7-13(19)11(16)8-9)10-4-3-5-12(17)14(10)18/h3-8,15,20H,2H2,1H3. The maximum absolute atomic E-state index is 13.4. The Morgan fingerprint density at radius 1 is 1.25 bits per heavy atom. The van der Waals surface area contributed by atoms with Crippen molar-refractivity contribution < 1.29 is 4.39 Å². The van der Waals surface area contributed by atoms with Crippen LogP contribution in [0.2, 0.25) is 10.0 Å². The molecule has 0 saturated heterocycles. The Kier molecular flexibility index (Phi) is 5.44. The van der Waals surface area contributed by atoms with Gasteiger partial charge in [-0.05, 0) is 51.8 Å². The SMILES string of the molecule is CCNC(c1ccc(F)c(Br)c1)c1cccc(Cl)c1Cl. The van der Waals surface area contributed by atoms with Crippen LogP contribution in [0.4, 0.5) is 4.39 Å². The van der Waals surface area contributed by atoms with Crippen molar-refractivity contribution in [3.63, 3.8) is 0 Å². The fourth-order valence-corrected chi connectivity index (χ4v) is 2.86. The molecule has 1 N–H and O–H groups in total. The van der Waals surface area contributed by atoms with E-state index in [0.717, 1.165) is 17.7 Å². The normalized spacial score (nSPS) is 12.4. The lowest BCUT2D eigenvalue weighted by Crippen LogP contribution is -2.22. The summed E-state index contributed by atoms with van der Waals surface area (Å²) < 4.78 is 13.8. The third-order valence-electron chi connectivity index (χ3n) is 2.98. The molecule has 0 aliphatic rings. The van der Waals surface area contributed by atoms with Crippen LogP contribution in [0.1, 0.15) is 24.1 Å². The second-order valence-corrected chi connectivity index (χ2v) is 5.95. The van der Waals surface area contributed by atoms with Crippen molar-refractivity contribution in [3.8, 4) is 0 Å². The van der Waals surface area contributed by atoms with E-state index in [1.807, 2.05) is 19.1 Å². The van der Waals surface area contributed by atoms with Crippen molar-refractivity contribution in [1.82, 2.24) is 5.32 Å². The van der Waals surface area contributed by atoms with E-state index in [9.17, 15) is 4.39 Å². The topological polar surface area (TPSA) is 12.0 Å². The molecule has 1 nitrogen and oxygen atoms in total. The van der Waals surface area contributed by atoms with Crippen molar-refractivity contribution in [2.24, 2.45) is 0 Å². The Morgan fingerprint density at radius 2 is 2.00 bits per heavy atom. The molecule has 2 aromatic carbocycles. The lowest BCUT2D eigenvalue weighted by atomic mass is 9.98. The van der Waals surface area contributed by atoms with Gasteiger partial charge in [0.25, 0.3) is 0 Å². The minimum atomic E-state index is -0.291. The summed E-state index contributed by atoms with van der Waals surface area (Å²) in [6.45, 7) is 2.76. The average Bonchev–Trinajstić information content (AvgIpc) is 2.43. The highest BCUT2D eigenvalue weighted by molar-refractivity contribution is 9.10. The van der Waals surface area contributed by atoms with Crippen LogP contribution >= 0.6 is 39.1 Å². The Balaban J connectivity index is 2.50. The molecule has 2 aromatic rings. The second kappa shape index (κ2) is 6.90. The van der Waals surface area contributed by atoms with Crippen LogP contribution in [-0.4, -0.2) is 6.54 Å². The first-order valence-corrected chi connectivity index (χ1v) is 7.71. The molecule has 5 heteroatoms. The van der Waals surface area contributed by atoms with Crippen molar-refractivity contribution in [3.05, 3.63) is 67.9 Å². The van der Waals surface area contributed by atoms with E-state index in [2.05, 4.69) is 21.2 Å². The fraction of sp³-hybridized carbons (Fsp3) is 0.200. The van der Waals surface area contributed by atoms with Crippen LogP contribution in [0, 0.1) is 5.82 Å². The van der Waals surface area contributed by atoms with Crippen LogP contribution in [0.15, 0.2) is 40.9 Å². The van der Waals surface area contributed by atoms with E-state index in [1.165, 1.54) is 6.07 Å². The molecule has 0 aromatic heterocycles. The van der Waals surface area contributed by atoms with Crippen LogP contribution in [-0.2, 0) is 0 Å². The van der Waals surface area contributed by atoms with Gasteiger partial charge in [-0.15, -0.1) is 0 Å².